The Morgan fingerprint density at radius 2 is 1.69 bits per heavy atom. The van der Waals surface area contributed by atoms with Crippen LogP contribution in [0.4, 0.5) is 4.39 Å². The first-order chi connectivity index (χ1) is 7.84. The van der Waals surface area contributed by atoms with E-state index in [0.717, 1.165) is 15.1 Å². The molecule has 0 amide bonds. The van der Waals surface area contributed by atoms with Crippen LogP contribution < -0.4 is 0 Å². The lowest BCUT2D eigenvalue weighted by Crippen LogP contribution is -1.71. The minimum atomic E-state index is -0.143. The summed E-state index contributed by atoms with van der Waals surface area (Å²) in [4.78, 5) is 1.11. The van der Waals surface area contributed by atoms with E-state index in [2.05, 4.69) is 0 Å². The Bertz CT molecular complexity index is 626. The van der Waals surface area contributed by atoms with Crippen LogP contribution in [0.1, 0.15) is 0 Å². The smallest absolute Gasteiger partial charge is 0.131 e. The Morgan fingerprint density at radius 3 is 2.44 bits per heavy atom. The van der Waals surface area contributed by atoms with E-state index >= 15 is 0 Å². The van der Waals surface area contributed by atoms with Crippen LogP contribution in [0.25, 0.3) is 20.5 Å². The molecule has 0 fully saturated rings. The monoisotopic (exact) mass is 228 g/mol. The van der Waals surface area contributed by atoms with Gasteiger partial charge in [-0.25, -0.2) is 4.39 Å². The highest BCUT2D eigenvalue weighted by molar-refractivity contribution is 7.22. The van der Waals surface area contributed by atoms with Gasteiger partial charge in [0.15, 0.2) is 0 Å². The maximum absolute atomic E-state index is 13.5. The number of hydrogen-bond acceptors (Lipinski definition) is 1. The summed E-state index contributed by atoms with van der Waals surface area (Å²) in [5, 5.41) is 0.714. The second-order valence-corrected chi connectivity index (χ2v) is 4.71. The zero-order chi connectivity index (χ0) is 11.0. The predicted molar refractivity (Wildman–Crippen MR) is 67.2 cm³/mol. The van der Waals surface area contributed by atoms with Crippen molar-refractivity contribution in [2.45, 2.75) is 0 Å². The molecule has 0 N–H and O–H groups in total. The summed E-state index contributed by atoms with van der Waals surface area (Å²) in [6.07, 6.45) is 0. The van der Waals surface area contributed by atoms with Crippen LogP contribution in [-0.2, 0) is 0 Å². The maximum atomic E-state index is 13.5. The predicted octanol–water partition coefficient (Wildman–Crippen LogP) is 4.71. The number of benzene rings is 2. The molecule has 0 saturated heterocycles. The van der Waals surface area contributed by atoms with E-state index in [1.165, 1.54) is 6.07 Å². The quantitative estimate of drug-likeness (QED) is 0.566. The van der Waals surface area contributed by atoms with Gasteiger partial charge < -0.3 is 0 Å². The lowest BCUT2D eigenvalue weighted by molar-refractivity contribution is 0.640. The maximum Gasteiger partial charge on any atom is 0.131 e. The van der Waals surface area contributed by atoms with Gasteiger partial charge in [-0.05, 0) is 23.8 Å². The van der Waals surface area contributed by atoms with Gasteiger partial charge in [-0.1, -0.05) is 36.4 Å². The number of fused-ring (bicyclic) bond motifs is 1. The van der Waals surface area contributed by atoms with Crippen LogP contribution in [0.2, 0.25) is 0 Å². The van der Waals surface area contributed by atoms with E-state index in [1.54, 1.807) is 17.4 Å². The molecule has 2 aromatic carbocycles. The van der Waals surface area contributed by atoms with Crippen LogP contribution >= 0.6 is 11.3 Å². The summed E-state index contributed by atoms with van der Waals surface area (Å²) in [6, 6.07) is 17.2. The minimum Gasteiger partial charge on any atom is -0.206 e. The molecule has 1 heterocycles. The average molecular weight is 228 g/mol. The van der Waals surface area contributed by atoms with Gasteiger partial charge in [-0.15, -0.1) is 11.3 Å². The molecule has 0 radical (unpaired) electrons. The molecule has 0 saturated carbocycles. The summed E-state index contributed by atoms with van der Waals surface area (Å²) < 4.78 is 14.5. The largest absolute Gasteiger partial charge is 0.206 e. The van der Waals surface area contributed by atoms with E-state index in [1.807, 2.05) is 42.5 Å². The third-order valence-corrected chi connectivity index (χ3v) is 3.72. The van der Waals surface area contributed by atoms with Crippen molar-refractivity contribution in [3.63, 3.8) is 0 Å². The van der Waals surface area contributed by atoms with Gasteiger partial charge >= 0.3 is 0 Å². The van der Waals surface area contributed by atoms with Gasteiger partial charge in [-0.3, -0.25) is 0 Å². The van der Waals surface area contributed by atoms with Gasteiger partial charge in [0.05, 0.1) is 0 Å². The highest BCUT2D eigenvalue weighted by Crippen LogP contribution is 2.34. The Balaban J connectivity index is 2.23. The van der Waals surface area contributed by atoms with Crippen molar-refractivity contribution >= 4 is 21.4 Å². The Kier molecular flexibility index (Phi) is 2.22. The second kappa shape index (κ2) is 3.72. The fourth-order valence-electron chi connectivity index (χ4n) is 1.77. The van der Waals surface area contributed by atoms with E-state index < -0.39 is 0 Å². The highest BCUT2D eigenvalue weighted by atomic mass is 32.1. The molecular weight excluding hydrogens is 219 g/mol. The minimum absolute atomic E-state index is 0.143. The summed E-state index contributed by atoms with van der Waals surface area (Å²) >= 11 is 1.62. The zero-order valence-electron chi connectivity index (χ0n) is 8.48. The van der Waals surface area contributed by atoms with E-state index in [0.29, 0.717) is 5.39 Å². The standard InChI is InChI=1S/C14H9FS/c15-12-7-4-8-13-11(12)9-14(16-13)10-5-2-1-3-6-10/h1-9H. The van der Waals surface area contributed by atoms with Crippen LogP contribution in [0.5, 0.6) is 0 Å². The van der Waals surface area contributed by atoms with Gasteiger partial charge in [0.2, 0.25) is 0 Å². The second-order valence-electron chi connectivity index (χ2n) is 3.63. The SMILES string of the molecule is Fc1cccc2sc(-c3ccccc3)cc12. The van der Waals surface area contributed by atoms with Crippen LogP contribution in [0.3, 0.4) is 0 Å². The molecule has 1 aromatic heterocycles. The molecular formula is C14H9FS. The first-order valence-electron chi connectivity index (χ1n) is 5.08. The van der Waals surface area contributed by atoms with Gasteiger partial charge in [0.25, 0.3) is 0 Å². The van der Waals surface area contributed by atoms with Crippen molar-refractivity contribution in [2.75, 3.05) is 0 Å². The molecule has 0 spiro atoms. The van der Waals surface area contributed by atoms with Crippen molar-refractivity contribution in [3.05, 3.63) is 60.4 Å². The number of halogens is 1. The number of thiophene rings is 1. The van der Waals surface area contributed by atoms with Crippen molar-refractivity contribution in [2.24, 2.45) is 0 Å². The third-order valence-electron chi connectivity index (χ3n) is 2.57. The van der Waals surface area contributed by atoms with Crippen molar-refractivity contribution < 1.29 is 4.39 Å². The first-order valence-corrected chi connectivity index (χ1v) is 5.90. The molecule has 0 unspecified atom stereocenters. The molecule has 0 nitrogen and oxygen atoms in total. The number of rotatable bonds is 1. The van der Waals surface area contributed by atoms with Gasteiger partial charge in [0.1, 0.15) is 5.82 Å². The van der Waals surface area contributed by atoms with Crippen LogP contribution in [-0.4, -0.2) is 0 Å². The van der Waals surface area contributed by atoms with Crippen molar-refractivity contribution in [3.8, 4) is 10.4 Å². The summed E-state index contributed by atoms with van der Waals surface area (Å²) in [5.74, 6) is -0.143. The molecule has 0 aliphatic carbocycles. The normalized spacial score (nSPS) is 10.8. The average Bonchev–Trinajstić information content (AvgIpc) is 2.76. The summed E-state index contributed by atoms with van der Waals surface area (Å²) in [5.41, 5.74) is 1.14. The molecule has 2 heteroatoms. The van der Waals surface area contributed by atoms with Crippen LogP contribution in [0.15, 0.2) is 54.6 Å². The van der Waals surface area contributed by atoms with Crippen LogP contribution in [0, 0.1) is 5.82 Å². The molecule has 0 aliphatic heterocycles. The van der Waals surface area contributed by atoms with E-state index in [-0.39, 0.29) is 5.82 Å². The molecule has 3 aromatic rings. The Labute approximate surface area is 97.0 Å². The first kappa shape index (κ1) is 9.55. The Morgan fingerprint density at radius 1 is 0.875 bits per heavy atom. The topological polar surface area (TPSA) is 0 Å². The molecule has 16 heavy (non-hydrogen) atoms. The fourth-order valence-corrected chi connectivity index (χ4v) is 2.85. The molecule has 3 rings (SSSR count). The third kappa shape index (κ3) is 1.51. The zero-order valence-corrected chi connectivity index (χ0v) is 9.30. The number of hydrogen-bond donors (Lipinski definition) is 0. The van der Waals surface area contributed by atoms with E-state index in [4.69, 9.17) is 0 Å². The molecule has 0 aliphatic rings. The Hall–Kier alpha value is -1.67. The molecule has 78 valence electrons. The van der Waals surface area contributed by atoms with Crippen molar-refractivity contribution in [1.29, 1.82) is 0 Å². The van der Waals surface area contributed by atoms with Gasteiger partial charge in [0, 0.05) is 15.0 Å². The molecule has 0 atom stereocenters. The summed E-state index contributed by atoms with van der Waals surface area (Å²) in [7, 11) is 0. The highest BCUT2D eigenvalue weighted by Gasteiger charge is 2.06. The lowest BCUT2D eigenvalue weighted by Gasteiger charge is -1.93. The summed E-state index contributed by atoms with van der Waals surface area (Å²) in [6.45, 7) is 0. The van der Waals surface area contributed by atoms with E-state index in [9.17, 15) is 4.39 Å². The molecule has 0 bridgehead atoms. The fraction of sp³-hybridized carbons (Fsp3) is 0. The van der Waals surface area contributed by atoms with Crippen molar-refractivity contribution in [1.82, 2.24) is 0 Å². The van der Waals surface area contributed by atoms with Gasteiger partial charge in [-0.2, -0.15) is 0 Å². The lowest BCUT2D eigenvalue weighted by atomic mass is 10.1.